The number of anilines is 2. The number of hydrogen-bond donors (Lipinski definition) is 2. The lowest BCUT2D eigenvalue weighted by Crippen LogP contribution is -2.45. The zero-order chi connectivity index (χ0) is 35.2. The van der Waals surface area contributed by atoms with Gasteiger partial charge in [-0.05, 0) is 116 Å². The van der Waals surface area contributed by atoms with E-state index in [0.29, 0.717) is 50.4 Å². The van der Waals surface area contributed by atoms with Crippen LogP contribution in [0.1, 0.15) is 92.2 Å². The second-order valence-electron chi connectivity index (χ2n) is 15.0. The summed E-state index contributed by atoms with van der Waals surface area (Å²) in [6, 6.07) is 14.8. The smallest absolute Gasteiger partial charge is 0.410 e. The first-order chi connectivity index (χ1) is 22.5. The van der Waals surface area contributed by atoms with Gasteiger partial charge in [-0.2, -0.15) is 0 Å². The van der Waals surface area contributed by atoms with Gasteiger partial charge in [-0.1, -0.05) is 24.3 Å². The van der Waals surface area contributed by atoms with Crippen LogP contribution in [0.25, 0.3) is 0 Å². The maximum atomic E-state index is 13.1. The topological polar surface area (TPSA) is 121 Å². The normalized spacial score (nSPS) is 18.3. The Bertz CT molecular complexity index is 1320. The van der Waals surface area contributed by atoms with Crippen molar-refractivity contribution in [3.63, 3.8) is 0 Å². The molecule has 0 bridgehead atoms. The van der Waals surface area contributed by atoms with E-state index in [-0.39, 0.29) is 17.9 Å². The van der Waals surface area contributed by atoms with Gasteiger partial charge in [0.05, 0.1) is 0 Å². The van der Waals surface area contributed by atoms with Crippen LogP contribution in [0.3, 0.4) is 0 Å². The van der Waals surface area contributed by atoms with Crippen LogP contribution in [0.4, 0.5) is 21.0 Å². The summed E-state index contributed by atoms with van der Waals surface area (Å²) < 4.78 is 11.0. The first-order valence-electron chi connectivity index (χ1n) is 17.0. The van der Waals surface area contributed by atoms with Crippen molar-refractivity contribution < 1.29 is 28.7 Å². The third kappa shape index (κ3) is 10.4. The molecule has 2 fully saturated rings. The van der Waals surface area contributed by atoms with Crippen molar-refractivity contribution in [2.24, 2.45) is 0 Å². The van der Waals surface area contributed by atoms with E-state index in [1.807, 2.05) is 90.1 Å². The summed E-state index contributed by atoms with van der Waals surface area (Å²) in [5.41, 5.74) is 2.33. The Morgan fingerprint density at radius 3 is 1.35 bits per heavy atom. The largest absolute Gasteiger partial charge is 0.444 e. The molecular weight excluding hydrogens is 610 g/mol. The van der Waals surface area contributed by atoms with Gasteiger partial charge in [0, 0.05) is 43.6 Å². The zero-order valence-corrected chi connectivity index (χ0v) is 29.8. The van der Waals surface area contributed by atoms with Crippen molar-refractivity contribution in [1.29, 1.82) is 0 Å². The molecule has 0 saturated carbocycles. The van der Waals surface area contributed by atoms with E-state index >= 15 is 0 Å². The van der Waals surface area contributed by atoms with Crippen LogP contribution in [0.2, 0.25) is 0 Å². The van der Waals surface area contributed by atoms with Gasteiger partial charge in [-0.25, -0.2) is 9.59 Å². The third-order valence-corrected chi connectivity index (χ3v) is 8.31. The molecule has 48 heavy (non-hydrogen) atoms. The molecule has 2 N–H and O–H groups in total. The first-order valence-corrected chi connectivity index (χ1v) is 17.0. The minimum Gasteiger partial charge on any atom is -0.444 e. The molecule has 2 heterocycles. The number of nitrogens with zero attached hydrogens (tertiary/aromatic N) is 3. The molecule has 4 rings (SSSR count). The van der Waals surface area contributed by atoms with Crippen molar-refractivity contribution in [2.75, 3.05) is 23.7 Å². The summed E-state index contributed by atoms with van der Waals surface area (Å²) in [6.45, 7) is 17.6. The number of benzene rings is 2. The van der Waals surface area contributed by atoms with Crippen molar-refractivity contribution in [2.45, 2.75) is 123 Å². The van der Waals surface area contributed by atoms with E-state index in [0.717, 1.165) is 24.0 Å². The number of hydrogen-bond acceptors (Lipinski definition) is 7. The molecule has 2 aliphatic rings. The minimum absolute atomic E-state index is 0.210. The Kier molecular flexibility index (Phi) is 11.8. The van der Waals surface area contributed by atoms with E-state index in [1.165, 1.54) is 9.80 Å². The quantitative estimate of drug-likeness (QED) is 0.304. The van der Waals surface area contributed by atoms with Crippen LogP contribution in [-0.4, -0.2) is 81.1 Å². The molecule has 11 nitrogen and oxygen atoms in total. The Morgan fingerprint density at radius 1 is 0.688 bits per heavy atom. The summed E-state index contributed by atoms with van der Waals surface area (Å²) in [4.78, 5) is 56.8. The molecule has 11 heteroatoms. The van der Waals surface area contributed by atoms with Crippen molar-refractivity contribution in [1.82, 2.24) is 14.7 Å². The SMILES string of the molecule is CC(C)N(Cc1ccc(NC(=O)C2CCCN2C(=O)OC(C)(C)C)cc1)Cc1ccc(NC(=O)C2CCCN2C(=O)OC(C)(C)C)cc1. The molecule has 2 unspecified atom stereocenters. The molecule has 2 saturated heterocycles. The van der Waals surface area contributed by atoms with E-state index in [9.17, 15) is 19.2 Å². The predicted molar refractivity (Wildman–Crippen MR) is 186 cm³/mol. The van der Waals surface area contributed by atoms with E-state index in [2.05, 4.69) is 29.4 Å². The Balaban J connectivity index is 1.30. The van der Waals surface area contributed by atoms with Crippen LogP contribution in [-0.2, 0) is 32.2 Å². The van der Waals surface area contributed by atoms with E-state index in [1.54, 1.807) is 0 Å². The Hall–Kier alpha value is -4.12. The van der Waals surface area contributed by atoms with Crippen LogP contribution in [0, 0.1) is 0 Å². The number of likely N-dealkylation sites (tertiary alicyclic amines) is 2. The Morgan fingerprint density at radius 2 is 1.04 bits per heavy atom. The fraction of sp³-hybridized carbons (Fsp3) is 0.568. The predicted octanol–water partition coefficient (Wildman–Crippen LogP) is 6.77. The average molecular weight is 664 g/mol. The van der Waals surface area contributed by atoms with Gasteiger partial charge < -0.3 is 20.1 Å². The molecule has 0 spiro atoms. The third-order valence-electron chi connectivity index (χ3n) is 8.31. The molecule has 2 aromatic rings. The molecule has 4 amide bonds. The van der Waals surface area contributed by atoms with Gasteiger partial charge >= 0.3 is 12.2 Å². The average Bonchev–Trinajstić information content (AvgIpc) is 3.68. The number of amides is 4. The van der Waals surface area contributed by atoms with Gasteiger partial charge in [0.15, 0.2) is 0 Å². The number of carbonyl (C=O) groups excluding carboxylic acids is 4. The van der Waals surface area contributed by atoms with Gasteiger partial charge in [0.1, 0.15) is 23.3 Å². The summed E-state index contributed by atoms with van der Waals surface area (Å²) >= 11 is 0. The highest BCUT2D eigenvalue weighted by molar-refractivity contribution is 5.97. The molecular formula is C37H53N5O6. The highest BCUT2D eigenvalue weighted by atomic mass is 16.6. The maximum absolute atomic E-state index is 13.1. The van der Waals surface area contributed by atoms with Gasteiger partial charge in [-0.3, -0.25) is 24.3 Å². The zero-order valence-electron chi connectivity index (χ0n) is 29.8. The molecule has 0 aliphatic carbocycles. The lowest BCUT2D eigenvalue weighted by atomic mass is 10.1. The van der Waals surface area contributed by atoms with Gasteiger partial charge in [0.2, 0.25) is 11.8 Å². The molecule has 2 aliphatic heterocycles. The second kappa shape index (κ2) is 15.4. The first kappa shape index (κ1) is 36.7. The van der Waals surface area contributed by atoms with E-state index in [4.69, 9.17) is 9.47 Å². The fourth-order valence-electron chi connectivity index (χ4n) is 5.88. The lowest BCUT2D eigenvalue weighted by molar-refractivity contribution is -0.121. The molecule has 0 radical (unpaired) electrons. The standard InChI is InChI=1S/C37H53N5O6/c1-25(2)40(23-26-13-17-28(18-14-26)38-32(43)30-11-9-21-41(30)34(45)47-36(3,4)5)24-27-15-19-29(20-16-27)39-33(44)31-12-10-22-42(31)35(46)48-37(6,7)8/h13-20,25,30-31H,9-12,21-24H2,1-8H3,(H,38,43)(H,39,44). The monoisotopic (exact) mass is 663 g/mol. The van der Waals surface area contributed by atoms with E-state index < -0.39 is 35.5 Å². The maximum Gasteiger partial charge on any atom is 0.410 e. The number of ether oxygens (including phenoxy) is 2. The summed E-state index contributed by atoms with van der Waals surface area (Å²) in [6.07, 6.45) is 1.81. The van der Waals surface area contributed by atoms with Crippen LogP contribution in [0.15, 0.2) is 48.5 Å². The molecule has 262 valence electrons. The van der Waals surface area contributed by atoms with Gasteiger partial charge in [0.25, 0.3) is 0 Å². The molecule has 2 atom stereocenters. The lowest BCUT2D eigenvalue weighted by Gasteiger charge is -2.28. The fourth-order valence-corrected chi connectivity index (χ4v) is 5.88. The Labute approximate surface area is 285 Å². The second-order valence-corrected chi connectivity index (χ2v) is 15.0. The highest BCUT2D eigenvalue weighted by Gasteiger charge is 2.38. The van der Waals surface area contributed by atoms with Crippen LogP contribution < -0.4 is 10.6 Å². The summed E-state index contributed by atoms with van der Waals surface area (Å²) in [5.74, 6) is -0.420. The van der Waals surface area contributed by atoms with Crippen molar-refractivity contribution >= 4 is 35.4 Å². The van der Waals surface area contributed by atoms with Gasteiger partial charge in [-0.15, -0.1) is 0 Å². The summed E-state index contributed by atoms with van der Waals surface area (Å²) in [7, 11) is 0. The number of rotatable bonds is 9. The van der Waals surface area contributed by atoms with Crippen molar-refractivity contribution in [3.05, 3.63) is 59.7 Å². The van der Waals surface area contributed by atoms with Crippen molar-refractivity contribution in [3.8, 4) is 0 Å². The molecule has 2 aromatic carbocycles. The molecule has 0 aromatic heterocycles. The summed E-state index contributed by atoms with van der Waals surface area (Å²) in [5, 5.41) is 5.94. The van der Waals surface area contributed by atoms with Crippen LogP contribution in [0.5, 0.6) is 0 Å². The van der Waals surface area contributed by atoms with Crippen LogP contribution >= 0.6 is 0 Å². The number of carbonyl (C=O) groups is 4. The number of nitrogens with one attached hydrogen (secondary N) is 2. The minimum atomic E-state index is -0.620. The highest BCUT2D eigenvalue weighted by Crippen LogP contribution is 2.25.